The van der Waals surface area contributed by atoms with Gasteiger partial charge in [0.1, 0.15) is 5.84 Å². The van der Waals surface area contributed by atoms with E-state index in [1.165, 1.54) is 6.07 Å². The van der Waals surface area contributed by atoms with E-state index in [0.29, 0.717) is 8.95 Å². The molecule has 0 aromatic heterocycles. The Kier molecular flexibility index (Phi) is 5.59. The first-order chi connectivity index (χ1) is 9.10. The van der Waals surface area contributed by atoms with E-state index >= 15 is 0 Å². The van der Waals surface area contributed by atoms with Crippen molar-refractivity contribution in [3.05, 3.63) is 27.1 Å². The molecule has 0 spiro atoms. The van der Waals surface area contributed by atoms with Gasteiger partial charge in [-0.2, -0.15) is 0 Å². The number of halogens is 2. The van der Waals surface area contributed by atoms with E-state index in [4.69, 9.17) is 10.9 Å². The van der Waals surface area contributed by atoms with Gasteiger partial charge in [0.25, 0.3) is 0 Å². The van der Waals surface area contributed by atoms with Crippen molar-refractivity contribution in [3.63, 3.8) is 0 Å². The molecule has 0 saturated carbocycles. The highest BCUT2D eigenvalue weighted by molar-refractivity contribution is 9.11. The Balaban J connectivity index is 3.00. The molecule has 6 nitrogen and oxygen atoms in total. The van der Waals surface area contributed by atoms with Gasteiger partial charge in [0.05, 0.1) is 4.90 Å². The minimum atomic E-state index is -3.71. The van der Waals surface area contributed by atoms with Crippen molar-refractivity contribution in [2.24, 2.45) is 16.3 Å². The van der Waals surface area contributed by atoms with Crippen LogP contribution in [-0.2, 0) is 10.0 Å². The highest BCUT2D eigenvalue weighted by atomic mass is 79.9. The zero-order valence-corrected chi connectivity index (χ0v) is 14.9. The first-order valence-electron chi connectivity index (χ1n) is 5.53. The fourth-order valence-corrected chi connectivity index (χ4v) is 3.97. The first-order valence-corrected chi connectivity index (χ1v) is 8.60. The number of hydrogen-bond donors (Lipinski definition) is 3. The summed E-state index contributed by atoms with van der Waals surface area (Å²) in [6.45, 7) is 3.34. The minimum absolute atomic E-state index is 0.00415. The van der Waals surface area contributed by atoms with Crippen molar-refractivity contribution < 1.29 is 13.6 Å². The number of nitrogens with one attached hydrogen (secondary N) is 1. The van der Waals surface area contributed by atoms with Crippen molar-refractivity contribution in [1.82, 2.24) is 4.72 Å². The van der Waals surface area contributed by atoms with Gasteiger partial charge in [-0.05, 0) is 34.1 Å². The Morgan fingerprint density at radius 1 is 1.45 bits per heavy atom. The van der Waals surface area contributed by atoms with Crippen molar-refractivity contribution in [3.8, 4) is 0 Å². The van der Waals surface area contributed by atoms with E-state index in [2.05, 4.69) is 41.7 Å². The third-order valence-corrected chi connectivity index (χ3v) is 5.58. The number of oxime groups is 1. The van der Waals surface area contributed by atoms with E-state index < -0.39 is 15.4 Å². The lowest BCUT2D eigenvalue weighted by Gasteiger charge is -2.23. The molecule has 0 aliphatic heterocycles. The summed E-state index contributed by atoms with van der Waals surface area (Å²) in [6.07, 6.45) is 0. The van der Waals surface area contributed by atoms with Crippen molar-refractivity contribution >= 4 is 47.7 Å². The van der Waals surface area contributed by atoms with Gasteiger partial charge in [-0.3, -0.25) is 0 Å². The maximum absolute atomic E-state index is 12.3. The molecule has 0 aliphatic carbocycles. The van der Waals surface area contributed by atoms with Gasteiger partial charge in [0.2, 0.25) is 10.0 Å². The van der Waals surface area contributed by atoms with Crippen LogP contribution in [-0.4, -0.2) is 26.0 Å². The first kappa shape index (κ1) is 17.4. The highest BCUT2D eigenvalue weighted by Crippen LogP contribution is 2.26. The summed E-state index contributed by atoms with van der Waals surface area (Å²) in [4.78, 5) is 0.113. The summed E-state index contributed by atoms with van der Waals surface area (Å²) in [5, 5.41) is 11.6. The minimum Gasteiger partial charge on any atom is -0.409 e. The van der Waals surface area contributed by atoms with Crippen LogP contribution in [0, 0.1) is 5.41 Å². The van der Waals surface area contributed by atoms with Gasteiger partial charge in [-0.25, -0.2) is 13.1 Å². The smallest absolute Gasteiger partial charge is 0.241 e. The Hall–Kier alpha value is -0.640. The van der Waals surface area contributed by atoms with Crippen molar-refractivity contribution in [2.45, 2.75) is 18.7 Å². The number of rotatable bonds is 5. The number of sulfonamides is 1. The second-order valence-corrected chi connectivity index (χ2v) is 8.27. The van der Waals surface area contributed by atoms with Crippen LogP contribution in [0.5, 0.6) is 0 Å². The average Bonchev–Trinajstić information content (AvgIpc) is 2.38. The van der Waals surface area contributed by atoms with Gasteiger partial charge >= 0.3 is 0 Å². The fraction of sp³-hybridized carbons (Fsp3) is 0.364. The molecule has 0 saturated heterocycles. The summed E-state index contributed by atoms with van der Waals surface area (Å²) < 4.78 is 28.1. The van der Waals surface area contributed by atoms with Crippen LogP contribution in [0.3, 0.4) is 0 Å². The normalized spacial score (nSPS) is 13.5. The molecule has 20 heavy (non-hydrogen) atoms. The second-order valence-electron chi connectivity index (χ2n) is 4.77. The summed E-state index contributed by atoms with van der Waals surface area (Å²) in [5.41, 5.74) is 4.72. The van der Waals surface area contributed by atoms with Gasteiger partial charge in [0, 0.05) is 20.9 Å². The van der Waals surface area contributed by atoms with E-state index in [9.17, 15) is 8.42 Å². The highest BCUT2D eigenvalue weighted by Gasteiger charge is 2.27. The molecule has 0 aliphatic rings. The lowest BCUT2D eigenvalue weighted by atomic mass is 9.93. The molecular weight excluding hydrogens is 414 g/mol. The van der Waals surface area contributed by atoms with Crippen LogP contribution in [0.15, 0.2) is 37.2 Å². The number of nitrogens with zero attached hydrogens (tertiary/aromatic N) is 1. The van der Waals surface area contributed by atoms with E-state index in [-0.39, 0.29) is 17.3 Å². The Labute approximate surface area is 134 Å². The van der Waals surface area contributed by atoms with Crippen LogP contribution >= 0.6 is 31.9 Å². The molecule has 0 amide bonds. The Morgan fingerprint density at radius 3 is 2.60 bits per heavy atom. The molecule has 9 heteroatoms. The second kappa shape index (κ2) is 6.42. The van der Waals surface area contributed by atoms with Crippen LogP contribution in [0.2, 0.25) is 0 Å². The molecule has 0 unspecified atom stereocenters. The van der Waals surface area contributed by atoms with Gasteiger partial charge < -0.3 is 10.9 Å². The van der Waals surface area contributed by atoms with Gasteiger partial charge in [0.15, 0.2) is 0 Å². The molecule has 0 fully saturated rings. The lowest BCUT2D eigenvalue weighted by Crippen LogP contribution is -2.42. The molecular formula is C11H15Br2N3O3S. The van der Waals surface area contributed by atoms with Gasteiger partial charge in [-0.15, -0.1) is 0 Å². The summed E-state index contributed by atoms with van der Waals surface area (Å²) in [6, 6.07) is 4.85. The summed E-state index contributed by atoms with van der Waals surface area (Å²) in [7, 11) is -3.71. The predicted molar refractivity (Wildman–Crippen MR) is 84.2 cm³/mol. The largest absolute Gasteiger partial charge is 0.409 e. The number of hydrogen-bond acceptors (Lipinski definition) is 4. The van der Waals surface area contributed by atoms with Gasteiger partial charge in [-0.1, -0.05) is 34.9 Å². The third-order valence-electron chi connectivity index (χ3n) is 2.69. The molecule has 1 aromatic carbocycles. The molecule has 0 bridgehead atoms. The molecule has 1 rings (SSSR count). The summed E-state index contributed by atoms with van der Waals surface area (Å²) in [5.74, 6) is -0.0477. The lowest BCUT2D eigenvalue weighted by molar-refractivity contribution is 0.307. The predicted octanol–water partition coefficient (Wildman–Crippen LogP) is 2.26. The van der Waals surface area contributed by atoms with E-state index in [1.807, 2.05) is 0 Å². The average molecular weight is 429 g/mol. The molecule has 0 heterocycles. The standard InChI is InChI=1S/C11H15Br2N3O3S/c1-11(2,10(14)16-17)6-15-20(18,19)9-5-7(12)3-4-8(9)13/h3-5,15,17H,6H2,1-2H3,(H2,14,16). The molecule has 4 N–H and O–H groups in total. The molecule has 0 atom stereocenters. The zero-order valence-electron chi connectivity index (χ0n) is 10.9. The molecule has 0 radical (unpaired) electrons. The van der Waals surface area contributed by atoms with E-state index in [0.717, 1.165) is 0 Å². The van der Waals surface area contributed by atoms with Crippen molar-refractivity contribution in [1.29, 1.82) is 0 Å². The Morgan fingerprint density at radius 2 is 2.05 bits per heavy atom. The molecule has 112 valence electrons. The SMILES string of the molecule is CC(C)(CNS(=O)(=O)c1cc(Br)ccc1Br)/C(N)=N/O. The number of nitrogens with two attached hydrogens (primary N) is 1. The van der Waals surface area contributed by atoms with E-state index in [1.54, 1.807) is 26.0 Å². The molecule has 1 aromatic rings. The van der Waals surface area contributed by atoms with Crippen LogP contribution in [0.25, 0.3) is 0 Å². The topological polar surface area (TPSA) is 105 Å². The number of amidine groups is 1. The van der Waals surface area contributed by atoms with Crippen LogP contribution < -0.4 is 10.5 Å². The maximum atomic E-state index is 12.3. The van der Waals surface area contributed by atoms with Crippen molar-refractivity contribution in [2.75, 3.05) is 6.54 Å². The monoisotopic (exact) mass is 427 g/mol. The fourth-order valence-electron chi connectivity index (χ4n) is 1.26. The third kappa shape index (κ3) is 4.18. The Bertz CT molecular complexity index is 630. The zero-order chi connectivity index (χ0) is 15.6. The maximum Gasteiger partial charge on any atom is 0.241 e. The van der Waals surface area contributed by atoms with Crippen LogP contribution in [0.1, 0.15) is 13.8 Å². The summed E-state index contributed by atoms with van der Waals surface area (Å²) >= 11 is 6.43. The van der Waals surface area contributed by atoms with Crippen LogP contribution in [0.4, 0.5) is 0 Å². The quantitative estimate of drug-likeness (QED) is 0.289. The number of benzene rings is 1.